The molecule has 14 nitrogen and oxygen atoms in total. The van der Waals surface area contributed by atoms with Crippen LogP contribution < -0.4 is 21.5 Å². The van der Waals surface area contributed by atoms with Crippen molar-refractivity contribution in [1.82, 2.24) is 9.55 Å². The third kappa shape index (κ3) is 8.19. The Morgan fingerprint density at radius 3 is 2.54 bits per heavy atom. The van der Waals surface area contributed by atoms with Crippen LogP contribution in [0.3, 0.4) is 0 Å². The molecular weight excluding hydrogens is 566 g/mol. The Kier molecular flexibility index (Phi) is 10.4. The Morgan fingerprint density at radius 2 is 1.93 bits per heavy atom. The van der Waals surface area contributed by atoms with E-state index in [2.05, 4.69) is 4.99 Å². The minimum absolute atomic E-state index is 0.131. The minimum Gasteiger partial charge on any atom is -0.461 e. The summed E-state index contributed by atoms with van der Waals surface area (Å²) in [5.41, 5.74) is 1.09. The van der Waals surface area contributed by atoms with Gasteiger partial charge in [-0.1, -0.05) is 18.2 Å². The zero-order valence-corrected chi connectivity index (χ0v) is 23.7. The number of aromatic nitrogens is 2. The second-order valence-corrected chi connectivity index (χ2v) is 11.2. The van der Waals surface area contributed by atoms with E-state index in [-0.39, 0.29) is 5.75 Å². The van der Waals surface area contributed by atoms with Crippen molar-refractivity contribution in [3.63, 3.8) is 0 Å². The smallest absolute Gasteiger partial charge is 0.421 e. The molecule has 1 aliphatic rings. The molecule has 1 aliphatic heterocycles. The average Bonchev–Trinajstić information content (AvgIpc) is 3.15. The third-order valence-corrected chi connectivity index (χ3v) is 7.12. The normalized spacial score (nSPS) is 24.6. The van der Waals surface area contributed by atoms with Crippen LogP contribution in [0.25, 0.3) is 0 Å². The highest BCUT2D eigenvalue weighted by Gasteiger charge is 2.58. The molecule has 0 amide bonds. The van der Waals surface area contributed by atoms with E-state index in [1.807, 2.05) is 4.98 Å². The summed E-state index contributed by atoms with van der Waals surface area (Å²) in [6.07, 6.45) is -4.21. The molecule has 2 aromatic rings. The quantitative estimate of drug-likeness (QED) is 0.205. The third-order valence-electron chi connectivity index (χ3n) is 5.73. The fourth-order valence-electron chi connectivity index (χ4n) is 3.79. The van der Waals surface area contributed by atoms with Gasteiger partial charge in [0, 0.05) is 12.3 Å². The maximum absolute atomic E-state index is 16.1. The first-order chi connectivity index (χ1) is 19.3. The summed E-state index contributed by atoms with van der Waals surface area (Å²) in [6.45, 7) is 4.48. The Morgan fingerprint density at radius 1 is 1.24 bits per heavy atom. The summed E-state index contributed by atoms with van der Waals surface area (Å²) in [5, 5.41) is 0. The average molecular weight is 599 g/mol. The Hall–Kier alpha value is -3.65. The highest BCUT2D eigenvalue weighted by atomic mass is 31.2. The first-order valence-electron chi connectivity index (χ1n) is 12.5. The van der Waals surface area contributed by atoms with Crippen LogP contribution in [0.15, 0.2) is 57.2 Å². The van der Waals surface area contributed by atoms with E-state index in [1.54, 1.807) is 32.0 Å². The molecular formula is C25H32FN4O10P. The standard InChI is InChI=1S/C25H32FN4O10P/c1-15(2)37-22(33)16(3)28-14-41(35,40-17-8-6-5-7-9-17)36-13-18-21(39-20(32)12-27)25(4,26)23(38-18)30-11-10-19(31)29-24(30)34/h5-11,14-16,18,21,23H,12-13,27H2,1-4H3,(H,29,31,34)/t16-,18+,21+,23+,25+,41?/m0/s1. The number of esters is 2. The fraction of sp³-hybridized carbons (Fsp3) is 0.480. The topological polar surface area (TPSA) is 191 Å². The van der Waals surface area contributed by atoms with Crippen molar-refractivity contribution < 1.29 is 41.8 Å². The van der Waals surface area contributed by atoms with Gasteiger partial charge >= 0.3 is 25.2 Å². The van der Waals surface area contributed by atoms with Crippen LogP contribution in [0, 0.1) is 0 Å². The molecule has 1 fully saturated rings. The lowest BCUT2D eigenvalue weighted by atomic mass is 9.98. The first kappa shape index (κ1) is 31.9. The van der Waals surface area contributed by atoms with E-state index in [1.165, 1.54) is 19.1 Å². The Labute approximate surface area is 234 Å². The molecule has 0 aliphatic carbocycles. The van der Waals surface area contributed by atoms with Crippen LogP contribution >= 0.6 is 7.60 Å². The van der Waals surface area contributed by atoms with Gasteiger partial charge in [0.25, 0.3) is 5.56 Å². The maximum Gasteiger partial charge on any atom is 0.421 e. The van der Waals surface area contributed by atoms with Crippen LogP contribution in [0.2, 0.25) is 0 Å². The number of carbonyl (C=O) groups is 2. The summed E-state index contributed by atoms with van der Waals surface area (Å²) in [6, 6.07) is 7.83. The molecule has 6 atom stereocenters. The van der Waals surface area contributed by atoms with Gasteiger partial charge in [0.05, 0.1) is 19.3 Å². The zero-order valence-electron chi connectivity index (χ0n) is 22.8. The molecule has 1 aromatic carbocycles. The van der Waals surface area contributed by atoms with Crippen molar-refractivity contribution in [2.75, 3.05) is 13.2 Å². The van der Waals surface area contributed by atoms with Gasteiger partial charge in [0.2, 0.25) is 0 Å². The fourth-order valence-corrected chi connectivity index (χ4v) is 5.09. The first-order valence-corrected chi connectivity index (χ1v) is 14.2. The molecule has 3 rings (SSSR count). The monoisotopic (exact) mass is 598 g/mol. The van der Waals surface area contributed by atoms with Gasteiger partial charge in [-0.2, -0.15) is 0 Å². The predicted octanol–water partition coefficient (Wildman–Crippen LogP) is 1.69. The van der Waals surface area contributed by atoms with E-state index in [9.17, 15) is 23.7 Å². The van der Waals surface area contributed by atoms with Gasteiger partial charge in [-0.05, 0) is 39.8 Å². The second-order valence-electron chi connectivity index (χ2n) is 9.48. The van der Waals surface area contributed by atoms with Crippen LogP contribution in [0.4, 0.5) is 4.39 Å². The summed E-state index contributed by atoms with van der Waals surface area (Å²) in [4.78, 5) is 54.1. The van der Waals surface area contributed by atoms with Crippen LogP contribution in [-0.2, 0) is 32.9 Å². The number of nitrogens with one attached hydrogen (secondary N) is 1. The highest BCUT2D eigenvalue weighted by Crippen LogP contribution is 2.48. The van der Waals surface area contributed by atoms with Crippen molar-refractivity contribution in [3.05, 3.63) is 63.4 Å². The van der Waals surface area contributed by atoms with E-state index in [4.69, 9.17) is 29.0 Å². The number of hydrogen-bond donors (Lipinski definition) is 2. The molecule has 0 saturated carbocycles. The lowest BCUT2D eigenvalue weighted by Crippen LogP contribution is -2.46. The van der Waals surface area contributed by atoms with E-state index >= 15 is 4.39 Å². The molecule has 2 heterocycles. The summed E-state index contributed by atoms with van der Waals surface area (Å²) in [5.74, 6) is -0.714. The number of ether oxygens (including phenoxy) is 3. The van der Waals surface area contributed by atoms with Gasteiger partial charge in [0.15, 0.2) is 18.0 Å². The van der Waals surface area contributed by atoms with Gasteiger partial charge in [0.1, 0.15) is 23.9 Å². The van der Waals surface area contributed by atoms with E-state index < -0.39 is 80.2 Å². The van der Waals surface area contributed by atoms with Crippen molar-refractivity contribution >= 4 is 25.5 Å². The molecule has 41 heavy (non-hydrogen) atoms. The van der Waals surface area contributed by atoms with Crippen molar-refractivity contribution in [3.8, 4) is 5.75 Å². The number of nitrogens with two attached hydrogens (primary N) is 1. The Bertz CT molecular complexity index is 1410. The number of rotatable bonds is 12. The number of aliphatic imine (C=N–C) groups is 1. The lowest BCUT2D eigenvalue weighted by molar-refractivity contribution is -0.156. The number of benzene rings is 1. The van der Waals surface area contributed by atoms with Gasteiger partial charge < -0.3 is 24.5 Å². The number of aromatic amines is 1. The highest BCUT2D eigenvalue weighted by molar-refractivity contribution is 7.70. The summed E-state index contributed by atoms with van der Waals surface area (Å²) >= 11 is 0. The molecule has 3 N–H and O–H groups in total. The number of H-pyrrole nitrogens is 1. The van der Waals surface area contributed by atoms with Gasteiger partial charge in [-0.25, -0.2) is 18.5 Å². The maximum atomic E-state index is 16.1. The molecule has 224 valence electrons. The number of hydrogen-bond acceptors (Lipinski definition) is 12. The predicted molar refractivity (Wildman–Crippen MR) is 143 cm³/mol. The molecule has 0 radical (unpaired) electrons. The van der Waals surface area contributed by atoms with Crippen molar-refractivity contribution in [1.29, 1.82) is 0 Å². The van der Waals surface area contributed by atoms with E-state index in [0.717, 1.165) is 29.7 Å². The van der Waals surface area contributed by atoms with Crippen LogP contribution in [-0.4, -0.2) is 70.6 Å². The lowest BCUT2D eigenvalue weighted by Gasteiger charge is -2.27. The number of alkyl halides is 1. The zero-order chi connectivity index (χ0) is 30.4. The van der Waals surface area contributed by atoms with Crippen molar-refractivity contribution in [2.45, 2.75) is 63.9 Å². The van der Waals surface area contributed by atoms with Crippen LogP contribution in [0.5, 0.6) is 5.75 Å². The molecule has 1 unspecified atom stereocenters. The number of halogens is 1. The van der Waals surface area contributed by atoms with Crippen LogP contribution in [0.1, 0.15) is 33.9 Å². The van der Waals surface area contributed by atoms with Crippen molar-refractivity contribution in [2.24, 2.45) is 10.7 Å². The number of carbonyl (C=O) groups excluding carboxylic acids is 2. The molecule has 0 bridgehead atoms. The van der Waals surface area contributed by atoms with Gasteiger partial charge in [-0.3, -0.25) is 28.7 Å². The second kappa shape index (κ2) is 13.3. The number of para-hydroxylation sites is 1. The molecule has 1 aromatic heterocycles. The molecule has 0 spiro atoms. The largest absolute Gasteiger partial charge is 0.461 e. The Balaban J connectivity index is 1.91. The molecule has 16 heteroatoms. The van der Waals surface area contributed by atoms with Gasteiger partial charge in [-0.15, -0.1) is 0 Å². The van der Waals surface area contributed by atoms with E-state index in [0.29, 0.717) is 0 Å². The summed E-state index contributed by atoms with van der Waals surface area (Å²) < 4.78 is 57.8. The number of nitrogens with zero attached hydrogens (tertiary/aromatic N) is 2. The molecule has 1 saturated heterocycles. The summed E-state index contributed by atoms with van der Waals surface area (Å²) in [7, 11) is -4.32. The minimum atomic E-state index is -4.32. The SMILES string of the molecule is CC(C)OC(=O)[C@H](C)N=CP(=O)(OC[C@H]1O[C@@H](n2ccc(=O)[nH]c2=O)[C@](C)(F)[C@@H]1OC(=O)CN)Oc1ccccc1.